The Labute approximate surface area is 117 Å². The van der Waals surface area contributed by atoms with Crippen LogP contribution in [0.2, 0.25) is 5.02 Å². The van der Waals surface area contributed by atoms with Gasteiger partial charge < -0.3 is 5.32 Å². The minimum absolute atomic E-state index is 0.0802. The van der Waals surface area contributed by atoms with Crippen molar-refractivity contribution in [3.8, 4) is 0 Å². The van der Waals surface area contributed by atoms with Crippen LogP contribution < -0.4 is 10.5 Å². The molecule has 6 heteroatoms. The molecule has 19 heavy (non-hydrogen) atoms. The lowest BCUT2D eigenvalue weighted by atomic mass is 10.2. The lowest BCUT2D eigenvalue weighted by Crippen LogP contribution is -2.12. The van der Waals surface area contributed by atoms with Crippen LogP contribution in [0, 0.1) is 0 Å². The van der Waals surface area contributed by atoms with Gasteiger partial charge in [0.2, 0.25) is 10.0 Å². The second-order valence-corrected chi connectivity index (χ2v) is 5.99. The summed E-state index contributed by atoms with van der Waals surface area (Å²) in [5.74, 6) is 0. The van der Waals surface area contributed by atoms with Crippen molar-refractivity contribution in [2.75, 3.05) is 5.32 Å². The first-order chi connectivity index (χ1) is 8.97. The zero-order valence-corrected chi connectivity index (χ0v) is 11.6. The normalized spacial score (nSPS) is 11.3. The van der Waals surface area contributed by atoms with E-state index in [0.717, 1.165) is 5.56 Å². The van der Waals surface area contributed by atoms with Crippen molar-refractivity contribution in [3.05, 3.63) is 59.1 Å². The largest absolute Gasteiger partial charge is 0.381 e. The number of sulfonamides is 1. The Morgan fingerprint density at radius 2 is 1.84 bits per heavy atom. The molecule has 0 saturated heterocycles. The van der Waals surface area contributed by atoms with Gasteiger partial charge in [-0.05, 0) is 29.8 Å². The van der Waals surface area contributed by atoms with E-state index >= 15 is 0 Å². The summed E-state index contributed by atoms with van der Waals surface area (Å²) in [6, 6.07) is 13.8. The minimum atomic E-state index is -3.68. The standard InChI is InChI=1S/C13H13ClN2O2S/c14-13-7-2-1-4-10(13)9-16-11-5-3-6-12(8-11)19(15,17)18/h1-8,16H,9H2,(H2,15,17,18). The van der Waals surface area contributed by atoms with Gasteiger partial charge in [-0.1, -0.05) is 35.9 Å². The SMILES string of the molecule is NS(=O)(=O)c1cccc(NCc2ccccc2Cl)c1. The van der Waals surface area contributed by atoms with Crippen molar-refractivity contribution in [2.24, 2.45) is 5.14 Å². The fourth-order valence-electron chi connectivity index (χ4n) is 1.62. The highest BCUT2D eigenvalue weighted by Crippen LogP contribution is 2.18. The second kappa shape index (κ2) is 5.61. The van der Waals surface area contributed by atoms with Crippen LogP contribution in [0.3, 0.4) is 0 Å². The fraction of sp³-hybridized carbons (Fsp3) is 0.0769. The van der Waals surface area contributed by atoms with Crippen molar-refractivity contribution < 1.29 is 8.42 Å². The third kappa shape index (κ3) is 3.70. The number of hydrogen-bond donors (Lipinski definition) is 2. The van der Waals surface area contributed by atoms with Gasteiger partial charge in [-0.15, -0.1) is 0 Å². The topological polar surface area (TPSA) is 72.2 Å². The molecular weight excluding hydrogens is 284 g/mol. The van der Waals surface area contributed by atoms with Crippen LogP contribution in [0.5, 0.6) is 0 Å². The van der Waals surface area contributed by atoms with Gasteiger partial charge in [-0.25, -0.2) is 13.6 Å². The zero-order valence-electron chi connectivity index (χ0n) is 10.0. The van der Waals surface area contributed by atoms with Gasteiger partial charge >= 0.3 is 0 Å². The first-order valence-electron chi connectivity index (χ1n) is 5.57. The van der Waals surface area contributed by atoms with Crippen LogP contribution in [0.15, 0.2) is 53.4 Å². The summed E-state index contributed by atoms with van der Waals surface area (Å²) in [5, 5.41) is 8.85. The molecule has 0 radical (unpaired) electrons. The molecule has 0 saturated carbocycles. The van der Waals surface area contributed by atoms with Crippen molar-refractivity contribution >= 4 is 27.3 Å². The van der Waals surface area contributed by atoms with Gasteiger partial charge in [0.05, 0.1) is 4.90 Å². The number of anilines is 1. The Morgan fingerprint density at radius 1 is 1.11 bits per heavy atom. The fourth-order valence-corrected chi connectivity index (χ4v) is 2.38. The summed E-state index contributed by atoms with van der Waals surface area (Å²) in [5.41, 5.74) is 1.61. The highest BCUT2D eigenvalue weighted by molar-refractivity contribution is 7.89. The maximum Gasteiger partial charge on any atom is 0.238 e. The summed E-state index contributed by atoms with van der Waals surface area (Å²) in [6.45, 7) is 0.508. The van der Waals surface area contributed by atoms with Crippen LogP contribution in [0.4, 0.5) is 5.69 Å². The Morgan fingerprint density at radius 3 is 2.53 bits per heavy atom. The van der Waals surface area contributed by atoms with E-state index in [1.54, 1.807) is 18.2 Å². The second-order valence-electron chi connectivity index (χ2n) is 4.02. The molecule has 0 spiro atoms. The molecular formula is C13H13ClN2O2S. The maximum atomic E-state index is 11.2. The van der Waals surface area contributed by atoms with Crippen LogP contribution in [-0.4, -0.2) is 8.42 Å². The minimum Gasteiger partial charge on any atom is -0.381 e. The lowest BCUT2D eigenvalue weighted by molar-refractivity contribution is 0.598. The van der Waals surface area contributed by atoms with Crippen molar-refractivity contribution in [3.63, 3.8) is 0 Å². The van der Waals surface area contributed by atoms with Crippen molar-refractivity contribution in [1.29, 1.82) is 0 Å². The van der Waals surface area contributed by atoms with Gasteiger partial charge in [0.15, 0.2) is 0 Å². The highest BCUT2D eigenvalue weighted by atomic mass is 35.5. The molecule has 0 aromatic heterocycles. The molecule has 4 nitrogen and oxygen atoms in total. The molecule has 3 N–H and O–H groups in total. The van der Waals surface area contributed by atoms with Gasteiger partial charge in [0.25, 0.3) is 0 Å². The number of nitrogens with two attached hydrogens (primary N) is 1. The first kappa shape index (κ1) is 13.9. The van der Waals surface area contributed by atoms with Crippen molar-refractivity contribution in [2.45, 2.75) is 11.4 Å². The molecule has 0 unspecified atom stereocenters. The van der Waals surface area contributed by atoms with E-state index in [-0.39, 0.29) is 4.90 Å². The Hall–Kier alpha value is -1.56. The average molecular weight is 297 g/mol. The number of halogens is 1. The van der Waals surface area contributed by atoms with Gasteiger partial charge in [-0.3, -0.25) is 0 Å². The van der Waals surface area contributed by atoms with Crippen LogP contribution >= 0.6 is 11.6 Å². The molecule has 2 aromatic rings. The van der Waals surface area contributed by atoms with Crippen LogP contribution in [0.25, 0.3) is 0 Å². The lowest BCUT2D eigenvalue weighted by Gasteiger charge is -2.09. The summed E-state index contributed by atoms with van der Waals surface area (Å²) in [4.78, 5) is 0.0802. The zero-order chi connectivity index (χ0) is 13.9. The molecule has 0 atom stereocenters. The maximum absolute atomic E-state index is 11.2. The van der Waals surface area contributed by atoms with Gasteiger partial charge in [0.1, 0.15) is 0 Å². The van der Waals surface area contributed by atoms with Gasteiger partial charge in [0, 0.05) is 17.3 Å². The number of nitrogens with one attached hydrogen (secondary N) is 1. The third-order valence-electron chi connectivity index (χ3n) is 2.60. The molecule has 100 valence electrons. The molecule has 0 aliphatic carbocycles. The summed E-state index contributed by atoms with van der Waals surface area (Å²) >= 11 is 6.04. The number of primary sulfonamides is 1. The Kier molecular flexibility index (Phi) is 4.09. The summed E-state index contributed by atoms with van der Waals surface area (Å²) in [6.07, 6.45) is 0. The molecule has 0 bridgehead atoms. The summed E-state index contributed by atoms with van der Waals surface area (Å²) in [7, 11) is -3.68. The van der Waals surface area contributed by atoms with Crippen LogP contribution in [0.1, 0.15) is 5.56 Å². The molecule has 2 rings (SSSR count). The van der Waals surface area contributed by atoms with E-state index in [0.29, 0.717) is 17.3 Å². The highest BCUT2D eigenvalue weighted by Gasteiger charge is 2.07. The Balaban J connectivity index is 2.15. The number of benzene rings is 2. The first-order valence-corrected chi connectivity index (χ1v) is 7.49. The van der Waals surface area contributed by atoms with Crippen molar-refractivity contribution in [1.82, 2.24) is 0 Å². The van der Waals surface area contributed by atoms with Gasteiger partial charge in [-0.2, -0.15) is 0 Å². The van der Waals surface area contributed by atoms with E-state index in [4.69, 9.17) is 16.7 Å². The molecule has 0 aliphatic rings. The molecule has 2 aromatic carbocycles. The average Bonchev–Trinajstić information content (AvgIpc) is 2.37. The van der Waals surface area contributed by atoms with E-state index in [1.807, 2.05) is 18.2 Å². The predicted octanol–water partition coefficient (Wildman–Crippen LogP) is 2.60. The summed E-state index contributed by atoms with van der Waals surface area (Å²) < 4.78 is 22.5. The molecule has 0 heterocycles. The number of rotatable bonds is 4. The van der Waals surface area contributed by atoms with E-state index in [2.05, 4.69) is 5.32 Å². The van der Waals surface area contributed by atoms with E-state index in [1.165, 1.54) is 12.1 Å². The van der Waals surface area contributed by atoms with Crippen LogP contribution in [-0.2, 0) is 16.6 Å². The Bertz CT molecular complexity index is 687. The van der Waals surface area contributed by atoms with E-state index < -0.39 is 10.0 Å². The predicted molar refractivity (Wildman–Crippen MR) is 76.6 cm³/mol. The molecule has 0 fully saturated rings. The number of hydrogen-bond acceptors (Lipinski definition) is 3. The quantitative estimate of drug-likeness (QED) is 0.911. The molecule has 0 amide bonds. The monoisotopic (exact) mass is 296 g/mol. The molecule has 0 aliphatic heterocycles. The smallest absolute Gasteiger partial charge is 0.238 e. The van der Waals surface area contributed by atoms with E-state index in [9.17, 15) is 8.42 Å². The third-order valence-corrected chi connectivity index (χ3v) is 3.88.